The highest BCUT2D eigenvalue weighted by Gasteiger charge is 2.29. The molecule has 1 fully saturated rings. The first kappa shape index (κ1) is 11.5. The standard InChI is InChI=1S/C10H16N4OS/c1-3-8-13-14-10(16-8)12-9(15)7-4-5-11-6(7)2/h6-7,11H,3-5H2,1-2H3,(H,12,14,15). The Morgan fingerprint density at radius 3 is 3.00 bits per heavy atom. The highest BCUT2D eigenvalue weighted by molar-refractivity contribution is 7.15. The molecule has 2 N–H and O–H groups in total. The SMILES string of the molecule is CCc1nnc(NC(=O)C2CCNC2C)s1. The van der Waals surface area contributed by atoms with E-state index in [4.69, 9.17) is 0 Å². The molecule has 0 saturated carbocycles. The van der Waals surface area contributed by atoms with E-state index in [1.165, 1.54) is 11.3 Å². The second kappa shape index (κ2) is 4.88. The third-order valence-electron chi connectivity index (χ3n) is 2.86. The van der Waals surface area contributed by atoms with Crippen molar-refractivity contribution >= 4 is 22.4 Å². The third-order valence-corrected chi connectivity index (χ3v) is 3.84. The van der Waals surface area contributed by atoms with Crippen molar-refractivity contribution in [3.8, 4) is 0 Å². The number of aromatic nitrogens is 2. The van der Waals surface area contributed by atoms with E-state index < -0.39 is 0 Å². The minimum atomic E-state index is 0.0500. The zero-order valence-corrected chi connectivity index (χ0v) is 10.3. The second-order valence-corrected chi connectivity index (χ2v) is 5.04. The summed E-state index contributed by atoms with van der Waals surface area (Å²) in [6, 6.07) is 0.249. The van der Waals surface area contributed by atoms with Gasteiger partial charge in [-0.1, -0.05) is 18.3 Å². The fourth-order valence-electron chi connectivity index (χ4n) is 1.86. The fourth-order valence-corrected chi connectivity index (χ4v) is 2.54. The lowest BCUT2D eigenvalue weighted by Crippen LogP contribution is -2.32. The number of amides is 1. The molecule has 1 amide bonds. The average molecular weight is 240 g/mol. The molecule has 2 rings (SSSR count). The van der Waals surface area contributed by atoms with Gasteiger partial charge in [0.05, 0.1) is 5.92 Å². The summed E-state index contributed by atoms with van der Waals surface area (Å²) in [4.78, 5) is 11.9. The van der Waals surface area contributed by atoms with Crippen molar-refractivity contribution in [3.05, 3.63) is 5.01 Å². The zero-order chi connectivity index (χ0) is 11.5. The van der Waals surface area contributed by atoms with Crippen LogP contribution in [0.5, 0.6) is 0 Å². The van der Waals surface area contributed by atoms with E-state index in [-0.39, 0.29) is 17.9 Å². The van der Waals surface area contributed by atoms with Gasteiger partial charge in [-0.2, -0.15) is 0 Å². The summed E-state index contributed by atoms with van der Waals surface area (Å²) in [6.07, 6.45) is 1.75. The van der Waals surface area contributed by atoms with Gasteiger partial charge in [0.25, 0.3) is 0 Å². The molecule has 0 radical (unpaired) electrons. The predicted octanol–water partition coefficient (Wildman–Crippen LogP) is 1.04. The van der Waals surface area contributed by atoms with E-state index in [2.05, 4.69) is 20.8 Å². The lowest BCUT2D eigenvalue weighted by Gasteiger charge is -2.12. The van der Waals surface area contributed by atoms with Crippen LogP contribution in [0.2, 0.25) is 0 Å². The van der Waals surface area contributed by atoms with Crippen molar-refractivity contribution in [1.82, 2.24) is 15.5 Å². The van der Waals surface area contributed by atoms with E-state index in [1.54, 1.807) is 0 Å². The molecule has 1 aliphatic rings. The largest absolute Gasteiger partial charge is 0.313 e. The summed E-state index contributed by atoms with van der Waals surface area (Å²) in [5.74, 6) is 0.102. The molecule has 2 unspecified atom stereocenters. The molecular formula is C10H16N4OS. The Hall–Kier alpha value is -1.01. The molecule has 0 aliphatic carbocycles. The molecule has 6 heteroatoms. The van der Waals surface area contributed by atoms with Crippen molar-refractivity contribution in [2.24, 2.45) is 5.92 Å². The first-order chi connectivity index (χ1) is 7.70. The molecule has 1 aromatic rings. The van der Waals surface area contributed by atoms with Gasteiger partial charge in [-0.05, 0) is 26.3 Å². The molecule has 1 saturated heterocycles. The van der Waals surface area contributed by atoms with Gasteiger partial charge in [-0.25, -0.2) is 0 Å². The molecule has 2 atom stereocenters. The van der Waals surface area contributed by atoms with Crippen LogP contribution in [0.25, 0.3) is 0 Å². The summed E-state index contributed by atoms with van der Waals surface area (Å²) in [5.41, 5.74) is 0. The Morgan fingerprint density at radius 1 is 1.62 bits per heavy atom. The van der Waals surface area contributed by atoms with E-state index in [9.17, 15) is 4.79 Å². The number of nitrogens with one attached hydrogen (secondary N) is 2. The average Bonchev–Trinajstić information content (AvgIpc) is 2.86. The summed E-state index contributed by atoms with van der Waals surface area (Å²) < 4.78 is 0. The number of nitrogens with zero attached hydrogens (tertiary/aromatic N) is 2. The van der Waals surface area contributed by atoms with Gasteiger partial charge >= 0.3 is 0 Å². The van der Waals surface area contributed by atoms with Crippen molar-refractivity contribution in [1.29, 1.82) is 0 Å². The number of anilines is 1. The van der Waals surface area contributed by atoms with Crippen LogP contribution < -0.4 is 10.6 Å². The Labute approximate surface area is 98.7 Å². The highest BCUT2D eigenvalue weighted by Crippen LogP contribution is 2.20. The number of aryl methyl sites for hydroxylation is 1. The van der Waals surface area contributed by atoms with Crippen molar-refractivity contribution in [3.63, 3.8) is 0 Å². The number of carbonyl (C=O) groups is 1. The lowest BCUT2D eigenvalue weighted by molar-refractivity contribution is -0.120. The van der Waals surface area contributed by atoms with Gasteiger partial charge in [-0.3, -0.25) is 4.79 Å². The summed E-state index contributed by atoms with van der Waals surface area (Å²) in [5, 5.41) is 15.6. The van der Waals surface area contributed by atoms with Crippen LogP contribution in [0.4, 0.5) is 5.13 Å². The number of rotatable bonds is 3. The van der Waals surface area contributed by atoms with Gasteiger partial charge in [0, 0.05) is 6.04 Å². The maximum absolute atomic E-state index is 11.9. The second-order valence-electron chi connectivity index (χ2n) is 3.98. The first-order valence-electron chi connectivity index (χ1n) is 5.57. The molecule has 0 aromatic carbocycles. The van der Waals surface area contributed by atoms with Crippen LogP contribution in [0.1, 0.15) is 25.3 Å². The van der Waals surface area contributed by atoms with Crippen LogP contribution in [-0.4, -0.2) is 28.7 Å². The maximum Gasteiger partial charge on any atom is 0.230 e. The fraction of sp³-hybridized carbons (Fsp3) is 0.700. The predicted molar refractivity (Wildman–Crippen MR) is 63.5 cm³/mol. The quantitative estimate of drug-likeness (QED) is 0.828. The molecule has 0 bridgehead atoms. The maximum atomic E-state index is 11.9. The van der Waals surface area contributed by atoms with E-state index in [0.717, 1.165) is 24.4 Å². The van der Waals surface area contributed by atoms with Gasteiger partial charge in [0.15, 0.2) is 0 Å². The van der Waals surface area contributed by atoms with Gasteiger partial charge in [0.2, 0.25) is 11.0 Å². The molecule has 1 aliphatic heterocycles. The summed E-state index contributed by atoms with van der Waals surface area (Å²) >= 11 is 1.45. The van der Waals surface area contributed by atoms with E-state index >= 15 is 0 Å². The normalized spacial score (nSPS) is 24.6. The molecule has 0 spiro atoms. The van der Waals surface area contributed by atoms with Crippen molar-refractivity contribution in [2.75, 3.05) is 11.9 Å². The third kappa shape index (κ3) is 2.38. The van der Waals surface area contributed by atoms with Gasteiger partial charge in [0.1, 0.15) is 5.01 Å². The molecule has 16 heavy (non-hydrogen) atoms. The number of carbonyl (C=O) groups excluding carboxylic acids is 1. The Morgan fingerprint density at radius 2 is 2.44 bits per heavy atom. The van der Waals surface area contributed by atoms with Crippen LogP contribution in [0.15, 0.2) is 0 Å². The monoisotopic (exact) mass is 240 g/mol. The van der Waals surface area contributed by atoms with Crippen LogP contribution in [-0.2, 0) is 11.2 Å². The first-order valence-corrected chi connectivity index (χ1v) is 6.39. The van der Waals surface area contributed by atoms with Gasteiger partial charge in [-0.15, -0.1) is 10.2 Å². The number of hydrogen-bond acceptors (Lipinski definition) is 5. The zero-order valence-electron chi connectivity index (χ0n) is 9.49. The molecule has 88 valence electrons. The Balaban J connectivity index is 1.96. The van der Waals surface area contributed by atoms with Crippen LogP contribution in [0, 0.1) is 5.92 Å². The number of hydrogen-bond donors (Lipinski definition) is 2. The van der Waals surface area contributed by atoms with Crippen molar-refractivity contribution in [2.45, 2.75) is 32.7 Å². The smallest absolute Gasteiger partial charge is 0.230 e. The van der Waals surface area contributed by atoms with E-state index in [1.807, 2.05) is 13.8 Å². The summed E-state index contributed by atoms with van der Waals surface area (Å²) in [6.45, 7) is 4.97. The van der Waals surface area contributed by atoms with Crippen molar-refractivity contribution < 1.29 is 4.79 Å². The van der Waals surface area contributed by atoms with Gasteiger partial charge < -0.3 is 10.6 Å². The minimum Gasteiger partial charge on any atom is -0.313 e. The topological polar surface area (TPSA) is 66.9 Å². The van der Waals surface area contributed by atoms with Crippen LogP contribution >= 0.6 is 11.3 Å². The molecule has 5 nitrogen and oxygen atoms in total. The molecule has 1 aromatic heterocycles. The summed E-state index contributed by atoms with van der Waals surface area (Å²) in [7, 11) is 0. The molecular weight excluding hydrogens is 224 g/mol. The van der Waals surface area contributed by atoms with E-state index in [0.29, 0.717) is 5.13 Å². The lowest BCUT2D eigenvalue weighted by atomic mass is 10.0. The highest BCUT2D eigenvalue weighted by atomic mass is 32.1. The Kier molecular flexibility index (Phi) is 3.50. The molecule has 2 heterocycles. The minimum absolute atomic E-state index is 0.0500. The van der Waals surface area contributed by atoms with Crippen LogP contribution in [0.3, 0.4) is 0 Å². The Bertz CT molecular complexity index is 379.